The fraction of sp³-hybridized carbons (Fsp3) is 0.105. The van der Waals surface area contributed by atoms with E-state index >= 15 is 0 Å². The highest BCUT2D eigenvalue weighted by Crippen LogP contribution is 2.20. The highest BCUT2D eigenvalue weighted by atomic mass is 35.5. The van der Waals surface area contributed by atoms with E-state index in [0.717, 1.165) is 16.5 Å². The Kier molecular flexibility index (Phi) is 5.42. The summed E-state index contributed by atoms with van der Waals surface area (Å²) in [6, 6.07) is 13.5. The molecule has 0 unspecified atom stereocenters. The molecule has 1 aromatic heterocycles. The zero-order valence-electron chi connectivity index (χ0n) is 14.3. The number of nitrogens with zero attached hydrogens (tertiary/aromatic N) is 3. The molecule has 0 aliphatic rings. The number of fused-ring (bicyclic) bond motifs is 1. The molecule has 2 aromatic carbocycles. The molecule has 7 nitrogen and oxygen atoms in total. The van der Waals surface area contributed by atoms with Crippen LogP contribution in [-0.4, -0.2) is 22.0 Å². The topological polar surface area (TPSA) is 97.5 Å². The third-order valence-electron chi connectivity index (χ3n) is 3.86. The molecule has 0 radical (unpaired) electrons. The average molecular weight is 383 g/mol. The molecule has 1 heterocycles. The van der Waals surface area contributed by atoms with Crippen LogP contribution >= 0.6 is 11.6 Å². The summed E-state index contributed by atoms with van der Waals surface area (Å²) in [6.45, 7) is 1.98. The standard InChI is InChI=1S/C19H15ClN4O3/c1-12-2-5-14-10-15(19(20)22-17(14)8-12)11-21-23-18(25)9-13-3-6-16(7-4-13)24(26)27/h2-8,10-11H,9H2,1H3,(H,23,25)/b21-11+. The van der Waals surface area contributed by atoms with Crippen LogP contribution in [0.4, 0.5) is 5.69 Å². The average Bonchev–Trinajstić information content (AvgIpc) is 2.62. The molecule has 3 rings (SSSR count). The number of carbonyl (C=O) groups excluding carboxylic acids is 1. The van der Waals surface area contributed by atoms with Gasteiger partial charge in [0.1, 0.15) is 5.15 Å². The molecule has 0 saturated carbocycles. The van der Waals surface area contributed by atoms with Gasteiger partial charge in [0, 0.05) is 23.1 Å². The van der Waals surface area contributed by atoms with Crippen molar-refractivity contribution < 1.29 is 9.72 Å². The van der Waals surface area contributed by atoms with Crippen molar-refractivity contribution in [2.24, 2.45) is 5.10 Å². The Balaban J connectivity index is 1.65. The first kappa shape index (κ1) is 18.5. The number of aromatic nitrogens is 1. The number of rotatable bonds is 5. The van der Waals surface area contributed by atoms with Crippen molar-refractivity contribution in [3.8, 4) is 0 Å². The Labute approximate surface area is 159 Å². The predicted octanol–water partition coefficient (Wildman–Crippen LogP) is 3.80. The molecule has 0 saturated heterocycles. The number of halogens is 1. The van der Waals surface area contributed by atoms with Crippen LogP contribution < -0.4 is 5.43 Å². The minimum Gasteiger partial charge on any atom is -0.273 e. The molecule has 27 heavy (non-hydrogen) atoms. The van der Waals surface area contributed by atoms with Crippen LogP contribution in [0, 0.1) is 17.0 Å². The van der Waals surface area contributed by atoms with E-state index in [-0.39, 0.29) is 18.0 Å². The Morgan fingerprint density at radius 2 is 2.00 bits per heavy atom. The van der Waals surface area contributed by atoms with Gasteiger partial charge in [0.15, 0.2) is 0 Å². The molecule has 136 valence electrons. The number of hydrogen-bond acceptors (Lipinski definition) is 5. The maximum absolute atomic E-state index is 11.9. The fourth-order valence-corrected chi connectivity index (χ4v) is 2.69. The van der Waals surface area contributed by atoms with Crippen LogP contribution in [0.2, 0.25) is 5.15 Å². The van der Waals surface area contributed by atoms with Crippen LogP contribution in [-0.2, 0) is 11.2 Å². The molecule has 0 atom stereocenters. The van der Waals surface area contributed by atoms with Crippen LogP contribution in [0.25, 0.3) is 10.9 Å². The lowest BCUT2D eigenvalue weighted by molar-refractivity contribution is -0.384. The van der Waals surface area contributed by atoms with Gasteiger partial charge in [0.05, 0.1) is 23.1 Å². The molecule has 0 spiro atoms. The summed E-state index contributed by atoms with van der Waals surface area (Å²) in [4.78, 5) is 26.4. The van der Waals surface area contributed by atoms with Crippen LogP contribution in [0.5, 0.6) is 0 Å². The van der Waals surface area contributed by atoms with E-state index in [1.54, 1.807) is 0 Å². The largest absolute Gasteiger partial charge is 0.273 e. The first-order valence-electron chi connectivity index (χ1n) is 8.04. The molecule has 0 fully saturated rings. The van der Waals surface area contributed by atoms with E-state index in [1.807, 2.05) is 31.2 Å². The van der Waals surface area contributed by atoms with Crippen molar-refractivity contribution in [2.45, 2.75) is 13.3 Å². The van der Waals surface area contributed by atoms with Gasteiger partial charge < -0.3 is 0 Å². The van der Waals surface area contributed by atoms with E-state index < -0.39 is 4.92 Å². The molecule has 0 bridgehead atoms. The van der Waals surface area contributed by atoms with Crippen molar-refractivity contribution in [1.82, 2.24) is 10.4 Å². The van der Waals surface area contributed by atoms with Gasteiger partial charge in [-0.3, -0.25) is 14.9 Å². The molecule has 0 aliphatic heterocycles. The van der Waals surface area contributed by atoms with Gasteiger partial charge >= 0.3 is 0 Å². The molecule has 0 aliphatic carbocycles. The molecule has 3 aromatic rings. The van der Waals surface area contributed by atoms with E-state index in [0.29, 0.717) is 16.3 Å². The maximum atomic E-state index is 11.9. The minimum absolute atomic E-state index is 0.0224. The Morgan fingerprint density at radius 3 is 2.70 bits per heavy atom. The number of nitro benzene ring substituents is 1. The quantitative estimate of drug-likeness (QED) is 0.314. The second kappa shape index (κ2) is 7.92. The second-order valence-electron chi connectivity index (χ2n) is 5.96. The zero-order valence-corrected chi connectivity index (χ0v) is 15.1. The first-order valence-corrected chi connectivity index (χ1v) is 8.42. The first-order chi connectivity index (χ1) is 12.9. The van der Waals surface area contributed by atoms with Crippen molar-refractivity contribution in [2.75, 3.05) is 0 Å². The number of amides is 1. The van der Waals surface area contributed by atoms with Crippen molar-refractivity contribution >= 4 is 40.3 Å². The number of aryl methyl sites for hydroxylation is 1. The highest BCUT2D eigenvalue weighted by molar-refractivity contribution is 6.32. The molecular formula is C19H15ClN4O3. The number of non-ortho nitro benzene ring substituents is 1. The molecule has 8 heteroatoms. The van der Waals surface area contributed by atoms with Crippen molar-refractivity contribution in [3.63, 3.8) is 0 Å². The lowest BCUT2D eigenvalue weighted by atomic mass is 10.1. The summed E-state index contributed by atoms with van der Waals surface area (Å²) in [5.41, 5.74) is 5.50. The van der Waals surface area contributed by atoms with E-state index in [2.05, 4.69) is 15.5 Å². The smallest absolute Gasteiger partial charge is 0.269 e. The predicted molar refractivity (Wildman–Crippen MR) is 104 cm³/mol. The van der Waals surface area contributed by atoms with E-state index in [1.165, 1.54) is 30.5 Å². The summed E-state index contributed by atoms with van der Waals surface area (Å²) in [5.74, 6) is -0.347. The SMILES string of the molecule is Cc1ccc2cc(/C=N/NC(=O)Cc3ccc([N+](=O)[O-])cc3)c(Cl)nc2c1. The minimum atomic E-state index is -0.489. The van der Waals surface area contributed by atoms with Crippen molar-refractivity contribution in [3.05, 3.63) is 80.5 Å². The van der Waals surface area contributed by atoms with Gasteiger partial charge in [0.25, 0.3) is 5.69 Å². The van der Waals surface area contributed by atoms with Crippen LogP contribution in [0.3, 0.4) is 0 Å². The number of carbonyl (C=O) groups is 1. The van der Waals surface area contributed by atoms with Gasteiger partial charge in [-0.1, -0.05) is 35.9 Å². The maximum Gasteiger partial charge on any atom is 0.269 e. The van der Waals surface area contributed by atoms with Gasteiger partial charge in [-0.2, -0.15) is 5.10 Å². The van der Waals surface area contributed by atoms with Gasteiger partial charge in [0.2, 0.25) is 5.91 Å². The summed E-state index contributed by atoms with van der Waals surface area (Å²) >= 11 is 6.17. The lowest BCUT2D eigenvalue weighted by Gasteiger charge is -2.03. The number of benzene rings is 2. The monoisotopic (exact) mass is 382 g/mol. The second-order valence-corrected chi connectivity index (χ2v) is 6.32. The summed E-state index contributed by atoms with van der Waals surface area (Å²) in [5, 5.41) is 15.8. The summed E-state index contributed by atoms with van der Waals surface area (Å²) in [6.07, 6.45) is 1.49. The van der Waals surface area contributed by atoms with E-state index in [9.17, 15) is 14.9 Å². The third kappa shape index (κ3) is 4.65. The van der Waals surface area contributed by atoms with Crippen molar-refractivity contribution in [1.29, 1.82) is 0 Å². The number of hydrogen-bond donors (Lipinski definition) is 1. The number of nitrogens with one attached hydrogen (secondary N) is 1. The van der Waals surface area contributed by atoms with Gasteiger partial charge in [-0.25, -0.2) is 10.4 Å². The lowest BCUT2D eigenvalue weighted by Crippen LogP contribution is -2.19. The molecular weight excluding hydrogens is 368 g/mol. The number of pyridine rings is 1. The molecule has 1 amide bonds. The van der Waals surface area contributed by atoms with Crippen LogP contribution in [0.15, 0.2) is 53.6 Å². The Bertz CT molecular complexity index is 1050. The zero-order chi connectivity index (χ0) is 19.4. The number of hydrazone groups is 1. The third-order valence-corrected chi connectivity index (χ3v) is 4.16. The molecule has 1 N–H and O–H groups in total. The highest BCUT2D eigenvalue weighted by Gasteiger charge is 2.07. The van der Waals surface area contributed by atoms with Gasteiger partial charge in [-0.15, -0.1) is 0 Å². The summed E-state index contributed by atoms with van der Waals surface area (Å²) in [7, 11) is 0. The normalized spacial score (nSPS) is 11.0. The Hall–Kier alpha value is -3.32. The Morgan fingerprint density at radius 1 is 1.26 bits per heavy atom. The van der Waals surface area contributed by atoms with E-state index in [4.69, 9.17) is 11.6 Å². The number of nitro groups is 1. The summed E-state index contributed by atoms with van der Waals surface area (Å²) < 4.78 is 0. The fourth-order valence-electron chi connectivity index (χ4n) is 2.49. The van der Waals surface area contributed by atoms with Gasteiger partial charge in [-0.05, 0) is 30.2 Å². The van der Waals surface area contributed by atoms with Crippen LogP contribution in [0.1, 0.15) is 16.7 Å².